The second-order valence-corrected chi connectivity index (χ2v) is 3.24. The molecule has 0 unspecified atom stereocenters. The van der Waals surface area contributed by atoms with Crippen LogP contribution in [0.25, 0.3) is 0 Å². The molecule has 0 aliphatic heterocycles. The summed E-state index contributed by atoms with van der Waals surface area (Å²) in [5, 5.41) is 19.7. The molecule has 0 aromatic heterocycles. The maximum Gasteiger partial charge on any atom is 0.321 e. The average molecular weight is 221 g/mol. The molecule has 5 nitrogen and oxygen atoms in total. The molecule has 0 spiro atoms. The number of rotatable bonds is 8. The first kappa shape index (κ1) is 13.2. The molecule has 0 rings (SSSR count). The second-order valence-electron chi connectivity index (χ2n) is 2.88. The summed E-state index contributed by atoms with van der Waals surface area (Å²) in [7, 11) is 0. The average Bonchev–Trinajstić information content (AvgIpc) is 2.10. The predicted molar refractivity (Wildman–Crippen MR) is 54.8 cm³/mol. The molecule has 0 bridgehead atoms. The van der Waals surface area contributed by atoms with E-state index in [1.165, 1.54) is 0 Å². The Morgan fingerprint density at radius 3 is 2.36 bits per heavy atom. The van der Waals surface area contributed by atoms with Gasteiger partial charge in [0.25, 0.3) is 0 Å². The van der Waals surface area contributed by atoms with Gasteiger partial charge < -0.3 is 15.5 Å². The number of thiol groups is 1. The van der Waals surface area contributed by atoms with Crippen molar-refractivity contribution >= 4 is 24.6 Å². The minimum absolute atomic E-state index is 0.125. The number of hydrogen-bond donors (Lipinski definition) is 4. The van der Waals surface area contributed by atoms with Crippen LogP contribution in [0.1, 0.15) is 19.3 Å². The molecule has 1 atom stereocenters. The molecule has 6 heteroatoms. The van der Waals surface area contributed by atoms with Crippen LogP contribution in [-0.2, 0) is 9.59 Å². The van der Waals surface area contributed by atoms with Crippen molar-refractivity contribution in [2.45, 2.75) is 25.3 Å². The Hall–Kier alpha value is -0.750. The summed E-state index contributed by atoms with van der Waals surface area (Å²) in [5.74, 6) is -1.53. The van der Waals surface area contributed by atoms with Crippen molar-refractivity contribution in [3.8, 4) is 0 Å². The Kier molecular flexibility index (Phi) is 7.23. The lowest BCUT2D eigenvalue weighted by molar-refractivity contribution is -0.139. The number of carbonyl (C=O) groups is 2. The van der Waals surface area contributed by atoms with Crippen LogP contribution in [0.5, 0.6) is 0 Å². The summed E-state index contributed by atoms with van der Waals surface area (Å²) in [4.78, 5) is 20.6. The van der Waals surface area contributed by atoms with Crippen molar-refractivity contribution in [3.05, 3.63) is 0 Å². The zero-order chi connectivity index (χ0) is 11.0. The first-order chi connectivity index (χ1) is 6.57. The Bertz CT molecular complexity index is 198. The first-order valence-electron chi connectivity index (χ1n) is 4.36. The highest BCUT2D eigenvalue weighted by atomic mass is 32.1. The Labute approximate surface area is 87.9 Å². The molecular formula is C8H15NO4S. The van der Waals surface area contributed by atoms with Crippen LogP contribution in [0, 0.1) is 0 Å². The molecule has 0 amide bonds. The SMILES string of the molecule is O=C(O)CCCCN[C@@H](CS)C(=O)O. The Balaban J connectivity index is 3.42. The maximum atomic E-state index is 10.5. The normalized spacial score (nSPS) is 12.4. The van der Waals surface area contributed by atoms with E-state index < -0.39 is 18.0 Å². The van der Waals surface area contributed by atoms with E-state index in [0.717, 1.165) is 0 Å². The van der Waals surface area contributed by atoms with Gasteiger partial charge in [-0.2, -0.15) is 12.6 Å². The Morgan fingerprint density at radius 1 is 1.29 bits per heavy atom. The molecule has 0 aromatic carbocycles. The fourth-order valence-electron chi connectivity index (χ4n) is 0.907. The van der Waals surface area contributed by atoms with E-state index in [1.807, 2.05) is 0 Å². The van der Waals surface area contributed by atoms with E-state index >= 15 is 0 Å². The van der Waals surface area contributed by atoms with Gasteiger partial charge in [0.1, 0.15) is 6.04 Å². The zero-order valence-corrected chi connectivity index (χ0v) is 8.67. The monoisotopic (exact) mass is 221 g/mol. The molecule has 14 heavy (non-hydrogen) atoms. The van der Waals surface area contributed by atoms with Gasteiger partial charge in [-0.25, -0.2) is 0 Å². The molecule has 0 aliphatic rings. The molecule has 3 N–H and O–H groups in total. The van der Waals surface area contributed by atoms with Gasteiger partial charge in [0.05, 0.1) is 0 Å². The first-order valence-corrected chi connectivity index (χ1v) is 5.00. The lowest BCUT2D eigenvalue weighted by Gasteiger charge is -2.10. The van der Waals surface area contributed by atoms with Crippen LogP contribution in [0.15, 0.2) is 0 Å². The molecule has 0 aromatic rings. The predicted octanol–water partition coefficient (Wildman–Crippen LogP) is 0.214. The van der Waals surface area contributed by atoms with E-state index in [0.29, 0.717) is 19.4 Å². The number of nitrogens with one attached hydrogen (secondary N) is 1. The summed E-state index contributed by atoms with van der Waals surface area (Å²) in [6.07, 6.45) is 1.34. The fourth-order valence-corrected chi connectivity index (χ4v) is 1.19. The van der Waals surface area contributed by atoms with Crippen LogP contribution in [-0.4, -0.2) is 40.5 Å². The van der Waals surface area contributed by atoms with Crippen molar-refractivity contribution in [1.29, 1.82) is 0 Å². The lowest BCUT2D eigenvalue weighted by atomic mass is 10.2. The number of carboxylic acid groups (broad SMARTS) is 2. The van der Waals surface area contributed by atoms with Gasteiger partial charge in [0, 0.05) is 12.2 Å². The summed E-state index contributed by atoms with van der Waals surface area (Å²) in [6.45, 7) is 0.505. The van der Waals surface area contributed by atoms with Gasteiger partial charge in [-0.1, -0.05) is 0 Å². The summed E-state index contributed by atoms with van der Waals surface area (Å²) in [5.41, 5.74) is 0. The fraction of sp³-hybridized carbons (Fsp3) is 0.750. The third kappa shape index (κ3) is 6.73. The van der Waals surface area contributed by atoms with Crippen LogP contribution >= 0.6 is 12.6 Å². The van der Waals surface area contributed by atoms with Crippen molar-refractivity contribution in [2.75, 3.05) is 12.3 Å². The highest BCUT2D eigenvalue weighted by Crippen LogP contribution is 1.95. The smallest absolute Gasteiger partial charge is 0.321 e. The van der Waals surface area contributed by atoms with Gasteiger partial charge in [0.15, 0.2) is 0 Å². The third-order valence-electron chi connectivity index (χ3n) is 1.69. The van der Waals surface area contributed by atoms with Gasteiger partial charge in [-0.05, 0) is 19.4 Å². The lowest BCUT2D eigenvalue weighted by Crippen LogP contribution is -2.38. The van der Waals surface area contributed by atoms with Crippen LogP contribution in [0.2, 0.25) is 0 Å². The van der Waals surface area contributed by atoms with Crippen LogP contribution < -0.4 is 5.32 Å². The molecule has 0 aliphatic carbocycles. The van der Waals surface area contributed by atoms with Gasteiger partial charge in [-0.15, -0.1) is 0 Å². The molecule has 0 saturated carbocycles. The maximum absolute atomic E-state index is 10.5. The topological polar surface area (TPSA) is 86.6 Å². The van der Waals surface area contributed by atoms with Gasteiger partial charge in [-0.3, -0.25) is 9.59 Å². The molecule has 0 fully saturated rings. The molecule has 0 heterocycles. The Morgan fingerprint density at radius 2 is 1.93 bits per heavy atom. The zero-order valence-electron chi connectivity index (χ0n) is 7.77. The summed E-state index contributed by atoms with van der Waals surface area (Å²) < 4.78 is 0. The number of hydrogen-bond acceptors (Lipinski definition) is 4. The summed E-state index contributed by atoms with van der Waals surface area (Å²) in [6, 6.07) is -0.650. The van der Waals surface area contributed by atoms with Gasteiger partial charge >= 0.3 is 11.9 Å². The molecular weight excluding hydrogens is 206 g/mol. The van der Waals surface area contributed by atoms with Gasteiger partial charge in [0.2, 0.25) is 0 Å². The van der Waals surface area contributed by atoms with E-state index in [2.05, 4.69) is 17.9 Å². The largest absolute Gasteiger partial charge is 0.481 e. The van der Waals surface area contributed by atoms with Crippen LogP contribution in [0.3, 0.4) is 0 Å². The quantitative estimate of drug-likeness (QED) is 0.348. The third-order valence-corrected chi connectivity index (χ3v) is 2.05. The minimum atomic E-state index is -0.932. The highest BCUT2D eigenvalue weighted by molar-refractivity contribution is 7.80. The summed E-state index contributed by atoms with van der Waals surface area (Å²) >= 11 is 3.88. The van der Waals surface area contributed by atoms with Crippen LogP contribution in [0.4, 0.5) is 0 Å². The highest BCUT2D eigenvalue weighted by Gasteiger charge is 2.13. The van der Waals surface area contributed by atoms with Crippen molar-refractivity contribution in [2.24, 2.45) is 0 Å². The number of unbranched alkanes of at least 4 members (excludes halogenated alkanes) is 1. The van der Waals surface area contributed by atoms with E-state index in [-0.39, 0.29) is 12.2 Å². The van der Waals surface area contributed by atoms with Crippen molar-refractivity contribution in [1.82, 2.24) is 5.32 Å². The van der Waals surface area contributed by atoms with E-state index in [9.17, 15) is 9.59 Å². The number of carboxylic acids is 2. The molecule has 0 saturated heterocycles. The van der Waals surface area contributed by atoms with E-state index in [1.54, 1.807) is 0 Å². The number of aliphatic carboxylic acids is 2. The minimum Gasteiger partial charge on any atom is -0.481 e. The van der Waals surface area contributed by atoms with Crippen molar-refractivity contribution in [3.63, 3.8) is 0 Å². The second kappa shape index (κ2) is 7.64. The van der Waals surface area contributed by atoms with E-state index in [4.69, 9.17) is 10.2 Å². The molecule has 0 radical (unpaired) electrons. The molecule has 82 valence electrons. The van der Waals surface area contributed by atoms with Crippen molar-refractivity contribution < 1.29 is 19.8 Å². The standard InChI is InChI=1S/C8H15NO4S/c10-7(11)3-1-2-4-9-6(5-14)8(12)13/h6,9,14H,1-5H2,(H,10,11)(H,12,13)/t6-/m0/s1.